The molecule has 1 aliphatic heterocycles. The van der Waals surface area contributed by atoms with Gasteiger partial charge in [-0.3, -0.25) is 0 Å². The van der Waals surface area contributed by atoms with Crippen LogP contribution in [0.25, 0.3) is 0 Å². The van der Waals surface area contributed by atoms with Gasteiger partial charge in [0, 0.05) is 11.4 Å². The van der Waals surface area contributed by atoms with E-state index in [-0.39, 0.29) is 5.82 Å². The minimum atomic E-state index is -0.445. The topological polar surface area (TPSA) is 32.7 Å². The van der Waals surface area contributed by atoms with E-state index in [0.717, 1.165) is 37.9 Å². The summed E-state index contributed by atoms with van der Waals surface area (Å²) >= 11 is 1.67. The zero-order valence-electron chi connectivity index (χ0n) is 14.4. The normalized spacial score (nSPS) is 17.7. The van der Waals surface area contributed by atoms with Gasteiger partial charge in [-0.05, 0) is 67.4 Å². The highest BCUT2D eigenvalue weighted by atomic mass is 32.1. The van der Waals surface area contributed by atoms with Crippen molar-refractivity contribution in [2.24, 2.45) is 5.92 Å². The third kappa shape index (κ3) is 6.19. The first-order valence-corrected chi connectivity index (χ1v) is 9.82. The van der Waals surface area contributed by atoms with Crippen LogP contribution in [0.15, 0.2) is 41.8 Å². The van der Waals surface area contributed by atoms with Crippen LogP contribution in [0, 0.1) is 11.7 Å². The van der Waals surface area contributed by atoms with Crippen molar-refractivity contribution in [2.45, 2.75) is 32.0 Å². The van der Waals surface area contributed by atoms with Crippen LogP contribution in [-0.2, 0) is 17.8 Å². The molecule has 0 spiro atoms. The van der Waals surface area contributed by atoms with Gasteiger partial charge >= 0.3 is 0 Å². The molecule has 5 heteroatoms. The van der Waals surface area contributed by atoms with Gasteiger partial charge in [0.1, 0.15) is 5.82 Å². The number of aliphatic hydroxyl groups excluding tert-OH is 1. The van der Waals surface area contributed by atoms with Crippen LogP contribution in [0.4, 0.5) is 4.39 Å². The highest BCUT2D eigenvalue weighted by Crippen LogP contribution is 2.22. The summed E-state index contributed by atoms with van der Waals surface area (Å²) in [6.45, 7) is 3.59. The first kappa shape index (κ1) is 18.5. The van der Waals surface area contributed by atoms with Gasteiger partial charge in [-0.2, -0.15) is 0 Å². The number of thiophene rings is 1. The number of aliphatic hydroxyl groups is 1. The van der Waals surface area contributed by atoms with Gasteiger partial charge in [0.05, 0.1) is 19.3 Å². The van der Waals surface area contributed by atoms with Crippen LogP contribution in [-0.4, -0.2) is 42.4 Å². The summed E-state index contributed by atoms with van der Waals surface area (Å²) < 4.78 is 18.9. The molecule has 0 aliphatic carbocycles. The second-order valence-electron chi connectivity index (χ2n) is 6.83. The summed E-state index contributed by atoms with van der Waals surface area (Å²) in [4.78, 5) is 3.49. The molecule has 1 atom stereocenters. The smallest absolute Gasteiger partial charge is 0.123 e. The van der Waals surface area contributed by atoms with Gasteiger partial charge in [0.2, 0.25) is 0 Å². The molecule has 1 saturated heterocycles. The largest absolute Gasteiger partial charge is 0.389 e. The molecule has 0 radical (unpaired) electrons. The molecule has 0 amide bonds. The van der Waals surface area contributed by atoms with Crippen LogP contribution >= 0.6 is 11.3 Å². The third-order valence-electron chi connectivity index (χ3n) is 4.72. The van der Waals surface area contributed by atoms with Crippen LogP contribution in [0.5, 0.6) is 0 Å². The number of nitrogens with zero attached hydrogens (tertiary/aromatic N) is 1. The van der Waals surface area contributed by atoms with E-state index in [1.54, 1.807) is 23.5 Å². The van der Waals surface area contributed by atoms with Crippen LogP contribution in [0.1, 0.15) is 23.3 Å². The number of ether oxygens (including phenoxy) is 1. The Morgan fingerprint density at radius 3 is 2.80 bits per heavy atom. The van der Waals surface area contributed by atoms with Crippen molar-refractivity contribution in [3.8, 4) is 0 Å². The van der Waals surface area contributed by atoms with Crippen LogP contribution < -0.4 is 0 Å². The van der Waals surface area contributed by atoms with E-state index in [2.05, 4.69) is 4.90 Å². The van der Waals surface area contributed by atoms with Gasteiger partial charge in [0.15, 0.2) is 0 Å². The van der Waals surface area contributed by atoms with E-state index in [0.29, 0.717) is 25.7 Å². The Kier molecular flexibility index (Phi) is 6.99. The molecule has 1 aliphatic rings. The number of rotatable bonds is 8. The first-order valence-electron chi connectivity index (χ1n) is 8.94. The number of hydrogen-bond acceptors (Lipinski definition) is 4. The van der Waals surface area contributed by atoms with Crippen molar-refractivity contribution in [1.82, 2.24) is 4.90 Å². The number of piperidine rings is 1. The molecule has 2 heterocycles. The zero-order valence-corrected chi connectivity index (χ0v) is 15.3. The highest BCUT2D eigenvalue weighted by molar-refractivity contribution is 7.09. The van der Waals surface area contributed by atoms with E-state index in [1.807, 2.05) is 23.6 Å². The summed E-state index contributed by atoms with van der Waals surface area (Å²) in [6, 6.07) is 11.0. The quantitative estimate of drug-likeness (QED) is 0.776. The average Bonchev–Trinajstić information content (AvgIpc) is 3.10. The molecule has 1 fully saturated rings. The van der Waals surface area contributed by atoms with Crippen molar-refractivity contribution in [3.05, 3.63) is 58.0 Å². The first-order chi connectivity index (χ1) is 12.2. The molecule has 2 aromatic rings. The lowest BCUT2D eigenvalue weighted by molar-refractivity contribution is 0.00521. The summed E-state index contributed by atoms with van der Waals surface area (Å²) in [5.41, 5.74) is 1.08. The van der Waals surface area contributed by atoms with Crippen molar-refractivity contribution in [1.29, 1.82) is 0 Å². The van der Waals surface area contributed by atoms with Crippen LogP contribution in [0.2, 0.25) is 0 Å². The Morgan fingerprint density at radius 1 is 1.24 bits per heavy atom. The standard InChI is InChI=1S/C20H26FNO2S/c21-18-4-1-3-17(12-18)11-16-6-8-22(9-7-16)13-19(23)14-24-15-20-5-2-10-25-20/h1-5,10,12,16,19,23H,6-9,11,13-15H2. The fourth-order valence-corrected chi connectivity index (χ4v) is 4.05. The molecule has 1 aromatic carbocycles. The van der Waals surface area contributed by atoms with Gasteiger partial charge in [-0.1, -0.05) is 18.2 Å². The molecule has 1 unspecified atom stereocenters. The van der Waals surface area contributed by atoms with E-state index in [1.165, 1.54) is 10.9 Å². The average molecular weight is 363 g/mol. The summed E-state index contributed by atoms with van der Waals surface area (Å²) in [6.07, 6.45) is 2.69. The minimum absolute atomic E-state index is 0.152. The van der Waals surface area contributed by atoms with Gasteiger partial charge < -0.3 is 14.7 Å². The molecular formula is C20H26FNO2S. The van der Waals surface area contributed by atoms with Crippen molar-refractivity contribution >= 4 is 11.3 Å². The number of likely N-dealkylation sites (tertiary alicyclic amines) is 1. The second kappa shape index (κ2) is 9.43. The van der Waals surface area contributed by atoms with Gasteiger partial charge in [0.25, 0.3) is 0 Å². The predicted octanol–water partition coefficient (Wildman–Crippen LogP) is 3.72. The Hall–Kier alpha value is -1.27. The summed E-state index contributed by atoms with van der Waals surface area (Å²) in [5.74, 6) is 0.450. The maximum absolute atomic E-state index is 13.3. The minimum Gasteiger partial charge on any atom is -0.389 e. The maximum atomic E-state index is 13.3. The van der Waals surface area contributed by atoms with E-state index < -0.39 is 6.10 Å². The van der Waals surface area contributed by atoms with Crippen LogP contribution in [0.3, 0.4) is 0 Å². The molecule has 0 saturated carbocycles. The van der Waals surface area contributed by atoms with E-state index in [9.17, 15) is 9.50 Å². The fraction of sp³-hybridized carbons (Fsp3) is 0.500. The molecule has 1 N–H and O–H groups in total. The number of benzene rings is 1. The maximum Gasteiger partial charge on any atom is 0.123 e. The van der Waals surface area contributed by atoms with Gasteiger partial charge in [-0.25, -0.2) is 4.39 Å². The number of halogens is 1. The molecule has 3 nitrogen and oxygen atoms in total. The molecule has 25 heavy (non-hydrogen) atoms. The summed E-state index contributed by atoms with van der Waals surface area (Å²) in [7, 11) is 0. The molecular weight excluding hydrogens is 337 g/mol. The van der Waals surface area contributed by atoms with Gasteiger partial charge in [-0.15, -0.1) is 11.3 Å². The highest BCUT2D eigenvalue weighted by Gasteiger charge is 2.21. The number of hydrogen-bond donors (Lipinski definition) is 1. The zero-order chi connectivity index (χ0) is 17.5. The Morgan fingerprint density at radius 2 is 2.08 bits per heavy atom. The predicted molar refractivity (Wildman–Crippen MR) is 99.2 cm³/mol. The van der Waals surface area contributed by atoms with Crippen molar-refractivity contribution in [3.63, 3.8) is 0 Å². The summed E-state index contributed by atoms with van der Waals surface area (Å²) in [5, 5.41) is 12.2. The lowest BCUT2D eigenvalue weighted by Crippen LogP contribution is -2.40. The second-order valence-corrected chi connectivity index (χ2v) is 7.86. The Balaban J connectivity index is 1.33. The molecule has 1 aromatic heterocycles. The lowest BCUT2D eigenvalue weighted by Gasteiger charge is -2.33. The SMILES string of the molecule is OC(COCc1cccs1)CN1CCC(Cc2cccc(F)c2)CC1. The molecule has 136 valence electrons. The number of β-amino-alcohol motifs (C(OH)–C–C–N with tert-alkyl or cyclic N) is 1. The Bertz CT molecular complexity index is 626. The van der Waals surface area contributed by atoms with Crippen molar-refractivity contribution < 1.29 is 14.2 Å². The molecule has 3 rings (SSSR count). The van der Waals surface area contributed by atoms with E-state index in [4.69, 9.17) is 4.74 Å². The third-order valence-corrected chi connectivity index (χ3v) is 5.57. The lowest BCUT2D eigenvalue weighted by atomic mass is 9.90. The van der Waals surface area contributed by atoms with E-state index >= 15 is 0 Å². The monoisotopic (exact) mass is 363 g/mol. The fourth-order valence-electron chi connectivity index (χ4n) is 3.41. The van der Waals surface area contributed by atoms with Crippen molar-refractivity contribution in [2.75, 3.05) is 26.2 Å². The molecule has 0 bridgehead atoms. The Labute approximate surface area is 153 Å².